The Kier molecular flexibility index (Phi) is 6.69. The van der Waals surface area contributed by atoms with Gasteiger partial charge in [0.25, 0.3) is 0 Å². The molecule has 1 aliphatic heterocycles. The molecule has 0 bridgehead atoms. The van der Waals surface area contributed by atoms with Gasteiger partial charge in [-0.2, -0.15) is 0 Å². The molecule has 2 amide bonds. The molecule has 19 heavy (non-hydrogen) atoms. The number of carboxylic acid groups (broad SMARTS) is 1. The SMILES string of the molecule is CC1CCN(CCNC(=O)CSCC(=O)O)C(=O)C1. The van der Waals surface area contributed by atoms with Crippen molar-refractivity contribution in [2.45, 2.75) is 19.8 Å². The van der Waals surface area contributed by atoms with E-state index in [0.29, 0.717) is 25.4 Å². The summed E-state index contributed by atoms with van der Waals surface area (Å²) < 4.78 is 0. The lowest BCUT2D eigenvalue weighted by molar-refractivity contribution is -0.135. The van der Waals surface area contributed by atoms with Crippen LogP contribution < -0.4 is 5.32 Å². The van der Waals surface area contributed by atoms with E-state index in [-0.39, 0.29) is 23.3 Å². The Morgan fingerprint density at radius 2 is 2.21 bits per heavy atom. The third-order valence-corrected chi connectivity index (χ3v) is 3.85. The normalized spacial score (nSPS) is 19.3. The number of carbonyl (C=O) groups excluding carboxylic acids is 2. The summed E-state index contributed by atoms with van der Waals surface area (Å²) in [6.45, 7) is 3.77. The Labute approximate surface area is 116 Å². The number of piperidine rings is 1. The third-order valence-electron chi connectivity index (χ3n) is 2.93. The molecular formula is C12H20N2O4S. The number of thioether (sulfide) groups is 1. The van der Waals surface area contributed by atoms with Gasteiger partial charge in [-0.25, -0.2) is 0 Å². The van der Waals surface area contributed by atoms with E-state index in [1.807, 2.05) is 0 Å². The van der Waals surface area contributed by atoms with Gasteiger partial charge in [-0.1, -0.05) is 6.92 Å². The van der Waals surface area contributed by atoms with Crippen molar-refractivity contribution in [2.75, 3.05) is 31.1 Å². The fourth-order valence-corrected chi connectivity index (χ4v) is 2.44. The van der Waals surface area contributed by atoms with E-state index in [4.69, 9.17) is 5.11 Å². The predicted molar refractivity (Wildman–Crippen MR) is 72.9 cm³/mol. The number of aliphatic carboxylic acids is 1. The van der Waals surface area contributed by atoms with Gasteiger partial charge in [0.1, 0.15) is 0 Å². The van der Waals surface area contributed by atoms with Crippen LogP contribution in [0.1, 0.15) is 19.8 Å². The van der Waals surface area contributed by atoms with Crippen LogP contribution in [0.5, 0.6) is 0 Å². The summed E-state index contributed by atoms with van der Waals surface area (Å²) in [6, 6.07) is 0. The molecule has 1 aliphatic rings. The van der Waals surface area contributed by atoms with E-state index in [0.717, 1.165) is 24.7 Å². The summed E-state index contributed by atoms with van der Waals surface area (Å²) in [7, 11) is 0. The lowest BCUT2D eigenvalue weighted by atomic mass is 9.99. The molecule has 1 atom stereocenters. The summed E-state index contributed by atoms with van der Waals surface area (Å²) in [5, 5.41) is 11.1. The fourth-order valence-electron chi connectivity index (χ4n) is 1.88. The second-order valence-electron chi connectivity index (χ2n) is 4.72. The van der Waals surface area contributed by atoms with Gasteiger partial charge in [0, 0.05) is 26.1 Å². The summed E-state index contributed by atoms with van der Waals surface area (Å²) in [5.74, 6) is -0.457. The molecule has 0 radical (unpaired) electrons. The van der Waals surface area contributed by atoms with Crippen molar-refractivity contribution >= 4 is 29.5 Å². The van der Waals surface area contributed by atoms with Crippen LogP contribution in [0, 0.1) is 5.92 Å². The largest absolute Gasteiger partial charge is 0.481 e. The predicted octanol–water partition coefficient (Wildman–Crippen LogP) is 0.179. The molecule has 0 aromatic rings. The van der Waals surface area contributed by atoms with Gasteiger partial charge in [-0.15, -0.1) is 11.8 Å². The topological polar surface area (TPSA) is 86.7 Å². The summed E-state index contributed by atoms with van der Waals surface area (Å²) >= 11 is 1.06. The van der Waals surface area contributed by atoms with Crippen molar-refractivity contribution in [3.8, 4) is 0 Å². The first-order chi connectivity index (χ1) is 8.99. The van der Waals surface area contributed by atoms with Crippen LogP contribution in [-0.4, -0.2) is 58.9 Å². The van der Waals surface area contributed by atoms with Gasteiger partial charge in [-0.3, -0.25) is 14.4 Å². The number of nitrogens with zero attached hydrogens (tertiary/aromatic N) is 1. The highest BCUT2D eigenvalue weighted by molar-refractivity contribution is 8.00. The number of carbonyl (C=O) groups is 3. The summed E-state index contributed by atoms with van der Waals surface area (Å²) in [4.78, 5) is 35.1. The van der Waals surface area contributed by atoms with Crippen molar-refractivity contribution in [3.05, 3.63) is 0 Å². The van der Waals surface area contributed by atoms with Gasteiger partial charge >= 0.3 is 5.97 Å². The second kappa shape index (κ2) is 8.04. The minimum absolute atomic E-state index is 0.0735. The first-order valence-corrected chi connectivity index (χ1v) is 7.48. The Bertz CT molecular complexity index is 349. The minimum Gasteiger partial charge on any atom is -0.481 e. The number of hydrogen-bond donors (Lipinski definition) is 2. The number of likely N-dealkylation sites (tertiary alicyclic amines) is 1. The molecule has 0 aromatic heterocycles. The van der Waals surface area contributed by atoms with E-state index < -0.39 is 5.97 Å². The molecule has 0 aromatic carbocycles. The lowest BCUT2D eigenvalue weighted by Gasteiger charge is -2.30. The zero-order chi connectivity index (χ0) is 14.3. The quantitative estimate of drug-likeness (QED) is 0.698. The first kappa shape index (κ1) is 15.8. The molecule has 1 heterocycles. The lowest BCUT2D eigenvalue weighted by Crippen LogP contribution is -2.43. The van der Waals surface area contributed by atoms with E-state index >= 15 is 0 Å². The highest BCUT2D eigenvalue weighted by Crippen LogP contribution is 2.16. The smallest absolute Gasteiger partial charge is 0.313 e. The average molecular weight is 288 g/mol. The van der Waals surface area contributed by atoms with Crippen molar-refractivity contribution < 1.29 is 19.5 Å². The molecule has 1 saturated heterocycles. The van der Waals surface area contributed by atoms with Crippen LogP contribution in [0.25, 0.3) is 0 Å². The van der Waals surface area contributed by atoms with Crippen molar-refractivity contribution in [3.63, 3.8) is 0 Å². The fraction of sp³-hybridized carbons (Fsp3) is 0.750. The Morgan fingerprint density at radius 3 is 2.84 bits per heavy atom. The monoisotopic (exact) mass is 288 g/mol. The molecule has 108 valence electrons. The maximum atomic E-state index is 11.7. The molecule has 1 rings (SSSR count). The highest BCUT2D eigenvalue weighted by atomic mass is 32.2. The van der Waals surface area contributed by atoms with E-state index in [1.54, 1.807) is 4.90 Å². The zero-order valence-electron chi connectivity index (χ0n) is 11.1. The molecule has 0 aliphatic carbocycles. The highest BCUT2D eigenvalue weighted by Gasteiger charge is 2.22. The van der Waals surface area contributed by atoms with Gasteiger partial charge in [0.2, 0.25) is 11.8 Å². The van der Waals surface area contributed by atoms with Crippen molar-refractivity contribution in [2.24, 2.45) is 5.92 Å². The standard InChI is InChI=1S/C12H20N2O4S/c1-9-2-4-14(11(16)6-9)5-3-13-10(15)7-19-8-12(17)18/h9H,2-8H2,1H3,(H,13,15)(H,17,18). The van der Waals surface area contributed by atoms with Crippen molar-refractivity contribution in [1.82, 2.24) is 10.2 Å². The van der Waals surface area contributed by atoms with Crippen LogP contribution >= 0.6 is 11.8 Å². The number of nitrogens with one attached hydrogen (secondary N) is 1. The Balaban J connectivity index is 2.11. The number of rotatable bonds is 7. The molecule has 1 unspecified atom stereocenters. The van der Waals surface area contributed by atoms with Gasteiger partial charge < -0.3 is 15.3 Å². The van der Waals surface area contributed by atoms with Gasteiger partial charge in [-0.05, 0) is 12.3 Å². The minimum atomic E-state index is -0.925. The van der Waals surface area contributed by atoms with Crippen LogP contribution in [0.15, 0.2) is 0 Å². The molecular weight excluding hydrogens is 268 g/mol. The van der Waals surface area contributed by atoms with Crippen LogP contribution in [0.3, 0.4) is 0 Å². The molecule has 0 saturated carbocycles. The zero-order valence-corrected chi connectivity index (χ0v) is 11.9. The average Bonchev–Trinajstić information content (AvgIpc) is 2.31. The van der Waals surface area contributed by atoms with Gasteiger partial charge in [0.15, 0.2) is 0 Å². The molecule has 0 spiro atoms. The maximum Gasteiger partial charge on any atom is 0.313 e. The first-order valence-electron chi connectivity index (χ1n) is 6.33. The van der Waals surface area contributed by atoms with Gasteiger partial charge in [0.05, 0.1) is 11.5 Å². The van der Waals surface area contributed by atoms with Crippen LogP contribution in [-0.2, 0) is 14.4 Å². The van der Waals surface area contributed by atoms with E-state index in [1.165, 1.54) is 0 Å². The number of hydrogen-bond acceptors (Lipinski definition) is 4. The Hall–Kier alpha value is -1.24. The number of amides is 2. The molecule has 1 fully saturated rings. The van der Waals surface area contributed by atoms with Crippen molar-refractivity contribution in [1.29, 1.82) is 0 Å². The molecule has 2 N–H and O–H groups in total. The summed E-state index contributed by atoms with van der Waals surface area (Å²) in [6.07, 6.45) is 1.59. The Morgan fingerprint density at radius 1 is 1.47 bits per heavy atom. The van der Waals surface area contributed by atoms with Crippen LogP contribution in [0.2, 0.25) is 0 Å². The molecule has 6 nitrogen and oxygen atoms in total. The maximum absolute atomic E-state index is 11.7. The van der Waals surface area contributed by atoms with E-state index in [9.17, 15) is 14.4 Å². The van der Waals surface area contributed by atoms with Crippen LogP contribution in [0.4, 0.5) is 0 Å². The summed E-state index contributed by atoms with van der Waals surface area (Å²) in [5.41, 5.74) is 0. The second-order valence-corrected chi connectivity index (χ2v) is 5.70. The molecule has 7 heteroatoms. The number of carboxylic acids is 1. The van der Waals surface area contributed by atoms with E-state index in [2.05, 4.69) is 12.2 Å². The third kappa shape index (κ3) is 6.47.